The Morgan fingerprint density at radius 2 is 1.04 bits per heavy atom. The van der Waals surface area contributed by atoms with E-state index in [4.69, 9.17) is 13.0 Å². The van der Waals surface area contributed by atoms with Crippen LogP contribution in [0.3, 0.4) is 0 Å². The quantitative estimate of drug-likeness (QED) is 0.442. The van der Waals surface area contributed by atoms with E-state index < -0.39 is 17.1 Å². The van der Waals surface area contributed by atoms with Crippen LogP contribution < -0.4 is 0 Å². The van der Waals surface area contributed by atoms with Gasteiger partial charge in [0, 0.05) is 13.2 Å². The fourth-order valence-electron chi connectivity index (χ4n) is 2.81. The second-order valence-electron chi connectivity index (χ2n) is 7.05. The minimum Gasteiger partial charge on any atom is -0.415 e. The maximum absolute atomic E-state index is 6.67. The molecule has 0 aromatic carbocycles. The molecule has 0 aliphatic rings. The van der Waals surface area contributed by atoms with Crippen molar-refractivity contribution in [1.82, 2.24) is 9.80 Å². The highest BCUT2D eigenvalue weighted by atomic mass is 28.5. The van der Waals surface area contributed by atoms with Gasteiger partial charge < -0.3 is 22.8 Å². The fourth-order valence-corrected chi connectivity index (χ4v) is 10.9. The Hall–Kier alpha value is 0.234. The van der Waals surface area contributed by atoms with E-state index in [1.54, 1.807) is 0 Å². The Bertz CT molecular complexity index is 281. The zero-order chi connectivity index (χ0) is 17.9. The van der Waals surface area contributed by atoms with Gasteiger partial charge in [0.2, 0.25) is 0 Å². The molecule has 7 heteroatoms. The molecule has 0 saturated carbocycles. The summed E-state index contributed by atoms with van der Waals surface area (Å²) in [6.07, 6.45) is 2.23. The van der Waals surface area contributed by atoms with E-state index in [9.17, 15) is 0 Å². The average Bonchev–Trinajstić information content (AvgIpc) is 2.37. The second-order valence-corrected chi connectivity index (χ2v) is 14.0. The molecule has 0 saturated heterocycles. The van der Waals surface area contributed by atoms with Crippen molar-refractivity contribution in [2.45, 2.75) is 51.9 Å². The van der Waals surface area contributed by atoms with Crippen molar-refractivity contribution in [2.75, 3.05) is 54.5 Å². The third-order valence-electron chi connectivity index (χ3n) is 3.80. The summed E-state index contributed by atoms with van der Waals surface area (Å²) < 4.78 is 18.9. The van der Waals surface area contributed by atoms with E-state index in [1.165, 1.54) is 0 Å². The predicted molar refractivity (Wildman–Crippen MR) is 104 cm³/mol. The Kier molecular flexibility index (Phi) is 11.8. The van der Waals surface area contributed by atoms with Crippen LogP contribution in [0.2, 0.25) is 25.2 Å². The lowest BCUT2D eigenvalue weighted by Gasteiger charge is -2.37. The molecule has 0 aliphatic carbocycles. The normalized spacial score (nSPS) is 17.5. The lowest BCUT2D eigenvalue weighted by molar-refractivity contribution is 0.196. The van der Waals surface area contributed by atoms with Crippen molar-refractivity contribution < 1.29 is 13.0 Å². The zero-order valence-electron chi connectivity index (χ0n) is 16.8. The van der Waals surface area contributed by atoms with Gasteiger partial charge in [0.25, 0.3) is 0 Å². The highest BCUT2D eigenvalue weighted by Gasteiger charge is 2.42. The fraction of sp³-hybridized carbons (Fsp3) is 1.00. The first-order valence-electron chi connectivity index (χ1n) is 8.94. The van der Waals surface area contributed by atoms with Crippen LogP contribution in [-0.4, -0.2) is 81.4 Å². The number of rotatable bonds is 14. The SMILES string of the molecule is CCO[Si](C)(CCCN(C)C)O[Si](C)(CCCN(C)C)OCC. The minimum atomic E-state index is -2.17. The molecule has 0 amide bonds. The second kappa shape index (κ2) is 11.7. The maximum atomic E-state index is 6.67. The summed E-state index contributed by atoms with van der Waals surface area (Å²) in [5.74, 6) is 0. The maximum Gasteiger partial charge on any atom is 0.326 e. The summed E-state index contributed by atoms with van der Waals surface area (Å²) in [6, 6.07) is 2.06. The van der Waals surface area contributed by atoms with Gasteiger partial charge in [-0.2, -0.15) is 0 Å². The van der Waals surface area contributed by atoms with Crippen molar-refractivity contribution in [3.63, 3.8) is 0 Å². The van der Waals surface area contributed by atoms with Gasteiger partial charge in [0.15, 0.2) is 0 Å². The van der Waals surface area contributed by atoms with Gasteiger partial charge in [0.05, 0.1) is 0 Å². The first-order valence-corrected chi connectivity index (χ1v) is 14.0. The zero-order valence-corrected chi connectivity index (χ0v) is 18.8. The summed E-state index contributed by atoms with van der Waals surface area (Å²) in [6.45, 7) is 12.1. The van der Waals surface area contributed by atoms with Gasteiger partial charge in [-0.15, -0.1) is 0 Å². The van der Waals surface area contributed by atoms with Crippen molar-refractivity contribution in [2.24, 2.45) is 0 Å². The van der Waals surface area contributed by atoms with Gasteiger partial charge in [-0.1, -0.05) is 0 Å². The van der Waals surface area contributed by atoms with Crippen LogP contribution >= 0.6 is 0 Å². The third-order valence-corrected chi connectivity index (χ3v) is 11.6. The van der Waals surface area contributed by atoms with E-state index in [-0.39, 0.29) is 0 Å². The first kappa shape index (κ1) is 23.2. The summed E-state index contributed by atoms with van der Waals surface area (Å²) in [7, 11) is 4.11. The molecule has 23 heavy (non-hydrogen) atoms. The highest BCUT2D eigenvalue weighted by Crippen LogP contribution is 2.26. The minimum absolute atomic E-state index is 0.721. The first-order chi connectivity index (χ1) is 10.7. The number of hydrogen-bond donors (Lipinski definition) is 0. The molecule has 0 radical (unpaired) electrons. The summed E-state index contributed by atoms with van der Waals surface area (Å²) in [5.41, 5.74) is 0. The largest absolute Gasteiger partial charge is 0.415 e. The molecular formula is C16H40N2O3Si2. The topological polar surface area (TPSA) is 34.2 Å². The molecule has 140 valence electrons. The van der Waals surface area contributed by atoms with Crippen LogP contribution in [0.1, 0.15) is 26.7 Å². The molecule has 0 N–H and O–H groups in total. The number of hydrogen-bond acceptors (Lipinski definition) is 5. The molecule has 0 rings (SSSR count). The van der Waals surface area contributed by atoms with Gasteiger partial charge in [0.1, 0.15) is 0 Å². The van der Waals surface area contributed by atoms with Gasteiger partial charge in [-0.3, -0.25) is 0 Å². The number of nitrogens with zero attached hydrogens (tertiary/aromatic N) is 2. The van der Waals surface area contributed by atoms with Crippen molar-refractivity contribution in [3.05, 3.63) is 0 Å². The van der Waals surface area contributed by atoms with Crippen LogP contribution in [0.25, 0.3) is 0 Å². The molecule has 0 heterocycles. The molecule has 5 nitrogen and oxygen atoms in total. The average molecular weight is 365 g/mol. The van der Waals surface area contributed by atoms with Crippen molar-refractivity contribution in [3.8, 4) is 0 Å². The van der Waals surface area contributed by atoms with Crippen LogP contribution in [0, 0.1) is 0 Å². The lowest BCUT2D eigenvalue weighted by Crippen LogP contribution is -2.52. The van der Waals surface area contributed by atoms with Crippen LogP contribution in [0.4, 0.5) is 0 Å². The molecule has 0 aliphatic heterocycles. The lowest BCUT2D eigenvalue weighted by atomic mass is 10.5. The van der Waals surface area contributed by atoms with Crippen LogP contribution in [0.15, 0.2) is 0 Å². The third kappa shape index (κ3) is 11.4. The van der Waals surface area contributed by atoms with Gasteiger partial charge in [-0.05, 0) is 93.2 Å². The van der Waals surface area contributed by atoms with Crippen LogP contribution in [-0.2, 0) is 13.0 Å². The predicted octanol–water partition coefficient (Wildman–Crippen LogP) is 3.12. The van der Waals surface area contributed by atoms with E-state index >= 15 is 0 Å². The van der Waals surface area contributed by atoms with Crippen molar-refractivity contribution in [1.29, 1.82) is 0 Å². The summed E-state index contributed by atoms with van der Waals surface area (Å²) in [4.78, 5) is 4.44. The molecule has 0 aromatic heterocycles. The Labute approximate surface area is 146 Å². The van der Waals surface area contributed by atoms with E-state index in [1.807, 2.05) is 0 Å². The van der Waals surface area contributed by atoms with Crippen molar-refractivity contribution >= 4 is 17.1 Å². The molecular weight excluding hydrogens is 324 g/mol. The summed E-state index contributed by atoms with van der Waals surface area (Å²) >= 11 is 0. The van der Waals surface area contributed by atoms with Gasteiger partial charge >= 0.3 is 17.1 Å². The molecule has 0 spiro atoms. The standard InChI is InChI=1S/C16H40N2O3Si2/c1-9-19-22(7,15-11-13-17(3)4)21-23(8,20-10-2)16-12-14-18(5)6/h9-16H2,1-8H3. The van der Waals surface area contributed by atoms with Crippen LogP contribution in [0.5, 0.6) is 0 Å². The Morgan fingerprint density at radius 1 is 0.696 bits per heavy atom. The monoisotopic (exact) mass is 364 g/mol. The summed E-state index contributed by atoms with van der Waals surface area (Å²) in [5, 5.41) is 0. The molecule has 0 bridgehead atoms. The van der Waals surface area contributed by atoms with E-state index in [2.05, 4.69) is 64.9 Å². The Morgan fingerprint density at radius 3 is 1.30 bits per heavy atom. The molecule has 2 atom stereocenters. The van der Waals surface area contributed by atoms with E-state index in [0.717, 1.165) is 51.2 Å². The van der Waals surface area contributed by atoms with Gasteiger partial charge in [-0.25, -0.2) is 0 Å². The smallest absolute Gasteiger partial charge is 0.326 e. The molecule has 2 unspecified atom stereocenters. The molecule has 0 aromatic rings. The Balaban J connectivity index is 4.76. The molecule has 0 fully saturated rings. The van der Waals surface area contributed by atoms with E-state index in [0.29, 0.717) is 0 Å². The highest BCUT2D eigenvalue weighted by molar-refractivity contribution is 6.80.